The molecule has 3 aromatic rings. The summed E-state index contributed by atoms with van der Waals surface area (Å²) in [6.45, 7) is 0.340. The number of amides is 1. The molecular formula is C24H23ClF3N3O2. The number of halogens is 4. The van der Waals surface area contributed by atoms with Crippen LogP contribution in [0.1, 0.15) is 53.9 Å². The lowest BCUT2D eigenvalue weighted by molar-refractivity contribution is -0.137. The fourth-order valence-electron chi connectivity index (χ4n) is 4.10. The van der Waals surface area contributed by atoms with Crippen molar-refractivity contribution in [3.05, 3.63) is 70.6 Å². The normalized spacial score (nSPS) is 14.9. The molecule has 1 fully saturated rings. The molecule has 1 amide bonds. The van der Waals surface area contributed by atoms with Gasteiger partial charge in [0.1, 0.15) is 0 Å². The minimum absolute atomic E-state index is 0.0344. The zero-order chi connectivity index (χ0) is 23.4. The zero-order valence-electron chi connectivity index (χ0n) is 17.8. The van der Waals surface area contributed by atoms with Gasteiger partial charge in [-0.25, -0.2) is 0 Å². The van der Waals surface area contributed by atoms with E-state index in [0.29, 0.717) is 29.7 Å². The highest BCUT2D eigenvalue weighted by Crippen LogP contribution is 2.30. The summed E-state index contributed by atoms with van der Waals surface area (Å²) in [5.74, 6) is 0.536. The van der Waals surface area contributed by atoms with Crippen LogP contribution in [0.3, 0.4) is 0 Å². The number of carbonyl (C=O) groups is 1. The van der Waals surface area contributed by atoms with E-state index in [1.54, 1.807) is 29.2 Å². The maximum absolute atomic E-state index is 13.3. The Balaban J connectivity index is 1.49. The molecule has 1 heterocycles. The van der Waals surface area contributed by atoms with Crippen LogP contribution in [0, 0.1) is 0 Å². The van der Waals surface area contributed by atoms with Gasteiger partial charge in [0.05, 0.1) is 5.56 Å². The first-order chi connectivity index (χ1) is 15.8. The zero-order valence-corrected chi connectivity index (χ0v) is 18.6. The fourth-order valence-corrected chi connectivity index (χ4v) is 4.22. The third kappa shape index (κ3) is 5.74. The minimum atomic E-state index is -4.44. The highest BCUT2D eigenvalue weighted by atomic mass is 35.5. The van der Waals surface area contributed by atoms with E-state index < -0.39 is 11.7 Å². The largest absolute Gasteiger partial charge is 0.416 e. The molecule has 33 heavy (non-hydrogen) atoms. The fraction of sp³-hybridized carbons (Fsp3) is 0.375. The highest BCUT2D eigenvalue weighted by Gasteiger charge is 2.31. The third-order valence-electron chi connectivity index (χ3n) is 5.87. The van der Waals surface area contributed by atoms with Gasteiger partial charge in [-0.2, -0.15) is 18.2 Å². The number of rotatable bonds is 6. The van der Waals surface area contributed by atoms with Gasteiger partial charge in [-0.3, -0.25) is 4.79 Å². The molecule has 0 aliphatic heterocycles. The van der Waals surface area contributed by atoms with E-state index >= 15 is 0 Å². The Hall–Kier alpha value is -2.87. The summed E-state index contributed by atoms with van der Waals surface area (Å²) in [5.41, 5.74) is 0.226. The number of nitrogens with zero attached hydrogens (tertiary/aromatic N) is 3. The molecule has 0 radical (unpaired) electrons. The van der Waals surface area contributed by atoms with E-state index in [4.69, 9.17) is 16.1 Å². The quantitative estimate of drug-likeness (QED) is 0.410. The van der Waals surface area contributed by atoms with Gasteiger partial charge in [0.2, 0.25) is 11.7 Å². The molecule has 5 nitrogen and oxygen atoms in total. The smallest absolute Gasteiger partial charge is 0.339 e. The van der Waals surface area contributed by atoms with E-state index in [0.717, 1.165) is 49.8 Å². The molecule has 0 bridgehead atoms. The summed E-state index contributed by atoms with van der Waals surface area (Å²) in [5, 5.41) is 4.61. The van der Waals surface area contributed by atoms with Gasteiger partial charge in [0.25, 0.3) is 5.91 Å². The summed E-state index contributed by atoms with van der Waals surface area (Å²) in [7, 11) is 0. The second-order valence-electron chi connectivity index (χ2n) is 8.13. The first kappa shape index (κ1) is 23.3. The Labute approximate surface area is 194 Å². The van der Waals surface area contributed by atoms with Crippen LogP contribution >= 0.6 is 11.6 Å². The van der Waals surface area contributed by atoms with Crippen molar-refractivity contribution in [2.24, 2.45) is 0 Å². The average molecular weight is 478 g/mol. The van der Waals surface area contributed by atoms with Crippen molar-refractivity contribution in [1.82, 2.24) is 15.0 Å². The van der Waals surface area contributed by atoms with E-state index in [-0.39, 0.29) is 17.5 Å². The standard InChI is InChI=1S/C24H23ClF3N3O2/c25-19-12-8-16(9-13-19)22-29-21(33-30-22)14-15-31(20-4-2-1-3-5-20)23(32)17-6-10-18(11-7-17)24(26,27)28/h6-13,20H,1-5,14-15H2. The van der Waals surface area contributed by atoms with E-state index in [9.17, 15) is 18.0 Å². The van der Waals surface area contributed by atoms with Crippen molar-refractivity contribution >= 4 is 17.5 Å². The van der Waals surface area contributed by atoms with Gasteiger partial charge in [-0.15, -0.1) is 0 Å². The molecule has 2 aromatic carbocycles. The average Bonchev–Trinajstić information content (AvgIpc) is 3.29. The number of hydrogen-bond donors (Lipinski definition) is 0. The predicted octanol–water partition coefficient (Wildman–Crippen LogP) is 6.43. The second-order valence-corrected chi connectivity index (χ2v) is 8.57. The molecule has 0 atom stereocenters. The van der Waals surface area contributed by atoms with Crippen molar-refractivity contribution < 1.29 is 22.5 Å². The Morgan fingerprint density at radius 3 is 2.33 bits per heavy atom. The molecule has 4 rings (SSSR count). The molecule has 9 heteroatoms. The van der Waals surface area contributed by atoms with E-state index in [1.165, 1.54) is 12.1 Å². The molecule has 0 N–H and O–H groups in total. The molecule has 1 aromatic heterocycles. The first-order valence-electron chi connectivity index (χ1n) is 10.9. The van der Waals surface area contributed by atoms with Crippen LogP contribution in [0.25, 0.3) is 11.4 Å². The molecule has 1 aliphatic rings. The van der Waals surface area contributed by atoms with E-state index in [1.807, 2.05) is 0 Å². The maximum atomic E-state index is 13.3. The van der Waals surface area contributed by atoms with Gasteiger partial charge in [0, 0.05) is 35.2 Å². The topological polar surface area (TPSA) is 59.2 Å². The highest BCUT2D eigenvalue weighted by molar-refractivity contribution is 6.30. The predicted molar refractivity (Wildman–Crippen MR) is 118 cm³/mol. The molecule has 1 saturated carbocycles. The number of hydrogen-bond acceptors (Lipinski definition) is 4. The van der Waals surface area contributed by atoms with E-state index in [2.05, 4.69) is 10.1 Å². The van der Waals surface area contributed by atoms with Crippen molar-refractivity contribution in [1.29, 1.82) is 0 Å². The Bertz CT molecular complexity index is 1080. The van der Waals surface area contributed by atoms with Gasteiger partial charge in [-0.05, 0) is 61.4 Å². The van der Waals surface area contributed by atoms with Crippen molar-refractivity contribution in [2.75, 3.05) is 6.54 Å². The molecule has 0 spiro atoms. The van der Waals surface area contributed by atoms with Crippen molar-refractivity contribution in [3.63, 3.8) is 0 Å². The second kappa shape index (κ2) is 9.95. The van der Waals surface area contributed by atoms with Crippen LogP contribution in [0.15, 0.2) is 53.1 Å². The summed E-state index contributed by atoms with van der Waals surface area (Å²) in [6, 6.07) is 11.5. The number of carbonyl (C=O) groups excluding carboxylic acids is 1. The van der Waals surface area contributed by atoms with Crippen molar-refractivity contribution in [2.45, 2.75) is 50.7 Å². The summed E-state index contributed by atoms with van der Waals surface area (Å²) in [6.07, 6.45) is 0.796. The summed E-state index contributed by atoms with van der Waals surface area (Å²) in [4.78, 5) is 19.4. The van der Waals surface area contributed by atoms with Crippen LogP contribution in [0.5, 0.6) is 0 Å². The van der Waals surface area contributed by atoms with Crippen LogP contribution in [-0.4, -0.2) is 33.5 Å². The lowest BCUT2D eigenvalue weighted by atomic mass is 9.93. The summed E-state index contributed by atoms with van der Waals surface area (Å²) >= 11 is 5.92. The van der Waals surface area contributed by atoms with Crippen LogP contribution in [-0.2, 0) is 12.6 Å². The van der Waals surface area contributed by atoms with Gasteiger partial charge in [0.15, 0.2) is 0 Å². The maximum Gasteiger partial charge on any atom is 0.416 e. The third-order valence-corrected chi connectivity index (χ3v) is 6.12. The van der Waals surface area contributed by atoms with Crippen LogP contribution in [0.2, 0.25) is 5.02 Å². The van der Waals surface area contributed by atoms with Gasteiger partial charge >= 0.3 is 6.18 Å². The summed E-state index contributed by atoms with van der Waals surface area (Å²) < 4.78 is 44.1. The lowest BCUT2D eigenvalue weighted by Gasteiger charge is -2.34. The first-order valence-corrected chi connectivity index (χ1v) is 11.3. The number of alkyl halides is 3. The number of aromatic nitrogens is 2. The monoisotopic (exact) mass is 477 g/mol. The Morgan fingerprint density at radius 1 is 1.03 bits per heavy atom. The van der Waals surface area contributed by atoms with Crippen LogP contribution < -0.4 is 0 Å². The van der Waals surface area contributed by atoms with Crippen molar-refractivity contribution in [3.8, 4) is 11.4 Å². The molecule has 0 saturated heterocycles. The Kier molecular flexibility index (Phi) is 7.02. The molecular weight excluding hydrogens is 455 g/mol. The van der Waals surface area contributed by atoms with Gasteiger partial charge < -0.3 is 9.42 Å². The SMILES string of the molecule is O=C(c1ccc(C(F)(F)F)cc1)N(CCc1nc(-c2ccc(Cl)cc2)no1)C1CCCCC1. The number of benzene rings is 2. The lowest BCUT2D eigenvalue weighted by Crippen LogP contribution is -2.42. The molecule has 0 unspecified atom stereocenters. The van der Waals surface area contributed by atoms with Crippen LogP contribution in [0.4, 0.5) is 13.2 Å². The molecule has 1 aliphatic carbocycles. The molecule has 174 valence electrons. The Morgan fingerprint density at radius 2 is 1.70 bits per heavy atom. The minimum Gasteiger partial charge on any atom is -0.339 e. The van der Waals surface area contributed by atoms with Gasteiger partial charge in [-0.1, -0.05) is 36.0 Å².